The molecule has 0 heterocycles. The molecule has 64 valence electrons. The molecule has 0 fully saturated rings. The Kier molecular flexibility index (Phi) is 8.96. The van der Waals surface area contributed by atoms with Crippen LogP contribution in [0.2, 0.25) is 0 Å². The summed E-state index contributed by atoms with van der Waals surface area (Å²) in [6.07, 6.45) is 0. The molecule has 3 heteroatoms. The third-order valence-electron chi connectivity index (χ3n) is 1.05. The maximum Gasteiger partial charge on any atom is 0.0698 e. The number of rotatable bonds is 6. The Labute approximate surface area is 67.8 Å². The molecule has 0 spiro atoms. The summed E-state index contributed by atoms with van der Waals surface area (Å²) in [4.78, 5) is 0. The molecule has 0 aromatic heterocycles. The van der Waals surface area contributed by atoms with E-state index in [4.69, 9.17) is 9.84 Å². The molecule has 11 heavy (non-hydrogen) atoms. The lowest BCUT2D eigenvalue weighted by Gasteiger charge is -2.00. The van der Waals surface area contributed by atoms with Crippen molar-refractivity contribution in [2.75, 3.05) is 32.9 Å². The van der Waals surface area contributed by atoms with Gasteiger partial charge in [-0.3, -0.25) is 0 Å². The highest BCUT2D eigenvalue weighted by atomic mass is 16.5. The molecule has 0 aliphatic carbocycles. The number of nitrogens with one attached hydrogen (secondary N) is 1. The standard InChI is InChI=1S/C8H15NO2/c1-2-3-4-9-5-7-11-8-6-10/h9-10H,4-8H2,1H3. The van der Waals surface area contributed by atoms with Crippen LogP contribution in [0.25, 0.3) is 0 Å². The van der Waals surface area contributed by atoms with Gasteiger partial charge in [0.15, 0.2) is 0 Å². The van der Waals surface area contributed by atoms with Gasteiger partial charge in [-0.1, -0.05) is 5.92 Å². The van der Waals surface area contributed by atoms with E-state index in [2.05, 4.69) is 17.2 Å². The van der Waals surface area contributed by atoms with Gasteiger partial charge in [-0.25, -0.2) is 0 Å². The maximum absolute atomic E-state index is 8.34. The Balaban J connectivity index is 2.83. The quantitative estimate of drug-likeness (QED) is 0.407. The summed E-state index contributed by atoms with van der Waals surface area (Å²) < 4.78 is 5.00. The summed E-state index contributed by atoms with van der Waals surface area (Å²) in [6, 6.07) is 0. The predicted molar refractivity (Wildman–Crippen MR) is 44.2 cm³/mol. The lowest BCUT2D eigenvalue weighted by molar-refractivity contribution is 0.0944. The molecule has 0 amide bonds. The predicted octanol–water partition coefficient (Wildman–Crippen LogP) is -0.392. The minimum atomic E-state index is 0.0920. The second-order valence-electron chi connectivity index (χ2n) is 1.94. The van der Waals surface area contributed by atoms with Crippen molar-refractivity contribution < 1.29 is 9.84 Å². The Hall–Kier alpha value is -0.560. The van der Waals surface area contributed by atoms with Gasteiger partial charge in [0.1, 0.15) is 0 Å². The van der Waals surface area contributed by atoms with Crippen LogP contribution in [0, 0.1) is 11.8 Å². The molecule has 0 rings (SSSR count). The minimum absolute atomic E-state index is 0.0920. The van der Waals surface area contributed by atoms with E-state index >= 15 is 0 Å². The molecule has 0 aliphatic rings. The van der Waals surface area contributed by atoms with Crippen LogP contribution >= 0.6 is 0 Å². The summed E-state index contributed by atoms with van der Waals surface area (Å²) in [6.45, 7) is 4.44. The second kappa shape index (κ2) is 9.44. The van der Waals surface area contributed by atoms with E-state index < -0.39 is 0 Å². The third kappa shape index (κ3) is 9.44. The smallest absolute Gasteiger partial charge is 0.0698 e. The van der Waals surface area contributed by atoms with Crippen LogP contribution < -0.4 is 5.32 Å². The van der Waals surface area contributed by atoms with Gasteiger partial charge < -0.3 is 15.2 Å². The Morgan fingerprint density at radius 3 is 2.91 bits per heavy atom. The van der Waals surface area contributed by atoms with Crippen LogP contribution in [-0.4, -0.2) is 38.0 Å². The van der Waals surface area contributed by atoms with E-state index in [-0.39, 0.29) is 6.61 Å². The summed E-state index contributed by atoms with van der Waals surface area (Å²) in [5.74, 6) is 5.65. The molecular weight excluding hydrogens is 142 g/mol. The zero-order valence-corrected chi connectivity index (χ0v) is 6.89. The van der Waals surface area contributed by atoms with Crippen LogP contribution in [0.1, 0.15) is 6.92 Å². The van der Waals surface area contributed by atoms with E-state index in [0.717, 1.165) is 6.54 Å². The number of hydrogen-bond donors (Lipinski definition) is 2. The van der Waals surface area contributed by atoms with Gasteiger partial charge in [0.25, 0.3) is 0 Å². The Morgan fingerprint density at radius 1 is 1.45 bits per heavy atom. The molecule has 0 radical (unpaired) electrons. The van der Waals surface area contributed by atoms with Gasteiger partial charge in [0, 0.05) is 6.54 Å². The third-order valence-corrected chi connectivity index (χ3v) is 1.05. The van der Waals surface area contributed by atoms with Crippen molar-refractivity contribution in [3.05, 3.63) is 0 Å². The summed E-state index contributed by atoms with van der Waals surface area (Å²) in [7, 11) is 0. The van der Waals surface area contributed by atoms with Crippen molar-refractivity contribution in [1.82, 2.24) is 5.32 Å². The average Bonchev–Trinajstić information content (AvgIpc) is 2.03. The molecule has 3 nitrogen and oxygen atoms in total. The van der Waals surface area contributed by atoms with Crippen molar-refractivity contribution in [1.29, 1.82) is 0 Å². The van der Waals surface area contributed by atoms with Crippen molar-refractivity contribution >= 4 is 0 Å². The Morgan fingerprint density at radius 2 is 2.27 bits per heavy atom. The highest BCUT2D eigenvalue weighted by Crippen LogP contribution is 1.70. The fourth-order valence-corrected chi connectivity index (χ4v) is 0.550. The van der Waals surface area contributed by atoms with Gasteiger partial charge in [-0.05, 0) is 6.92 Å². The number of aliphatic hydroxyl groups is 1. The van der Waals surface area contributed by atoms with E-state index in [1.165, 1.54) is 0 Å². The Bertz CT molecular complexity index is 126. The first-order chi connectivity index (χ1) is 5.41. The topological polar surface area (TPSA) is 41.5 Å². The van der Waals surface area contributed by atoms with Crippen molar-refractivity contribution in [3.8, 4) is 11.8 Å². The second-order valence-corrected chi connectivity index (χ2v) is 1.94. The van der Waals surface area contributed by atoms with Gasteiger partial charge >= 0.3 is 0 Å². The highest BCUT2D eigenvalue weighted by molar-refractivity contribution is 4.96. The van der Waals surface area contributed by atoms with Crippen LogP contribution in [0.4, 0.5) is 0 Å². The van der Waals surface area contributed by atoms with Crippen molar-refractivity contribution in [3.63, 3.8) is 0 Å². The molecule has 0 saturated heterocycles. The number of aliphatic hydroxyl groups excluding tert-OH is 1. The van der Waals surface area contributed by atoms with E-state index in [9.17, 15) is 0 Å². The van der Waals surface area contributed by atoms with Gasteiger partial charge in [0.2, 0.25) is 0 Å². The fourth-order valence-electron chi connectivity index (χ4n) is 0.550. The first kappa shape index (κ1) is 10.4. The molecule has 0 aliphatic heterocycles. The molecule has 0 aromatic carbocycles. The lowest BCUT2D eigenvalue weighted by Crippen LogP contribution is -2.20. The average molecular weight is 157 g/mol. The van der Waals surface area contributed by atoms with E-state index in [1.807, 2.05) is 6.92 Å². The number of ether oxygens (including phenoxy) is 1. The molecule has 2 N–H and O–H groups in total. The number of hydrogen-bond acceptors (Lipinski definition) is 3. The van der Waals surface area contributed by atoms with Gasteiger partial charge in [0.05, 0.1) is 26.4 Å². The normalized spacial score (nSPS) is 8.91. The first-order valence-corrected chi connectivity index (χ1v) is 3.70. The molecular formula is C8H15NO2. The summed E-state index contributed by atoms with van der Waals surface area (Å²) >= 11 is 0. The van der Waals surface area contributed by atoms with Gasteiger partial charge in [-0.2, -0.15) is 0 Å². The molecule has 0 unspecified atom stereocenters. The molecule has 0 aromatic rings. The highest BCUT2D eigenvalue weighted by Gasteiger charge is 1.84. The van der Waals surface area contributed by atoms with Crippen LogP contribution in [0.15, 0.2) is 0 Å². The first-order valence-electron chi connectivity index (χ1n) is 3.70. The van der Waals surface area contributed by atoms with Crippen LogP contribution in [0.5, 0.6) is 0 Å². The monoisotopic (exact) mass is 157 g/mol. The van der Waals surface area contributed by atoms with E-state index in [1.54, 1.807) is 0 Å². The summed E-state index contributed by atoms with van der Waals surface area (Å²) in [5, 5.41) is 11.4. The molecule has 0 saturated carbocycles. The minimum Gasteiger partial charge on any atom is -0.394 e. The molecule has 0 bridgehead atoms. The SMILES string of the molecule is CC#CCNCCOCCO. The fraction of sp³-hybridized carbons (Fsp3) is 0.750. The van der Waals surface area contributed by atoms with E-state index in [0.29, 0.717) is 19.8 Å². The molecule has 0 atom stereocenters. The van der Waals surface area contributed by atoms with Gasteiger partial charge in [-0.15, -0.1) is 5.92 Å². The maximum atomic E-state index is 8.34. The lowest BCUT2D eigenvalue weighted by atomic mass is 10.5. The van der Waals surface area contributed by atoms with Crippen molar-refractivity contribution in [2.45, 2.75) is 6.92 Å². The zero-order valence-electron chi connectivity index (χ0n) is 6.89. The zero-order chi connectivity index (χ0) is 8.36. The van der Waals surface area contributed by atoms with Crippen LogP contribution in [-0.2, 0) is 4.74 Å². The van der Waals surface area contributed by atoms with Crippen LogP contribution in [0.3, 0.4) is 0 Å². The largest absolute Gasteiger partial charge is 0.394 e. The van der Waals surface area contributed by atoms with Crippen molar-refractivity contribution in [2.24, 2.45) is 0 Å². The summed E-state index contributed by atoms with van der Waals surface area (Å²) in [5.41, 5.74) is 0.